The molecule has 0 aliphatic rings. The zero-order valence-corrected chi connectivity index (χ0v) is 21.1. The molecule has 36 heavy (non-hydrogen) atoms. The molecule has 0 unspecified atom stereocenters. The Balaban J connectivity index is 1.43. The Morgan fingerprint density at radius 1 is 0.917 bits per heavy atom. The number of ether oxygens (including phenoxy) is 2. The van der Waals surface area contributed by atoms with E-state index in [1.807, 2.05) is 90.4 Å². The van der Waals surface area contributed by atoms with Gasteiger partial charge in [-0.15, -0.1) is 10.2 Å². The van der Waals surface area contributed by atoms with E-state index in [0.29, 0.717) is 36.8 Å². The molecule has 186 valence electrons. The Labute approximate surface area is 215 Å². The summed E-state index contributed by atoms with van der Waals surface area (Å²) < 4.78 is 13.0. The van der Waals surface area contributed by atoms with Crippen molar-refractivity contribution >= 4 is 29.0 Å². The second-order valence-electron chi connectivity index (χ2n) is 7.70. The van der Waals surface area contributed by atoms with E-state index in [9.17, 15) is 4.79 Å². The lowest BCUT2D eigenvalue weighted by atomic mass is 10.3. The van der Waals surface area contributed by atoms with Crippen molar-refractivity contribution in [3.05, 3.63) is 84.7 Å². The predicted octanol–water partition coefficient (Wildman–Crippen LogP) is 5.41. The maximum absolute atomic E-state index is 12.6. The smallest absolute Gasteiger partial charge is 0.225 e. The highest BCUT2D eigenvalue weighted by atomic mass is 32.2. The minimum absolute atomic E-state index is 0.0847. The van der Waals surface area contributed by atoms with Crippen LogP contribution in [0.1, 0.15) is 19.2 Å². The first kappa shape index (κ1) is 25.1. The van der Waals surface area contributed by atoms with Crippen molar-refractivity contribution in [2.45, 2.75) is 25.0 Å². The van der Waals surface area contributed by atoms with E-state index < -0.39 is 0 Å². The number of anilines is 2. The molecule has 1 heterocycles. The molecule has 0 bridgehead atoms. The zero-order valence-electron chi connectivity index (χ0n) is 20.3. The van der Waals surface area contributed by atoms with E-state index in [2.05, 4.69) is 20.8 Å². The van der Waals surface area contributed by atoms with Gasteiger partial charge < -0.3 is 20.1 Å². The Bertz CT molecular complexity index is 1280. The highest BCUT2D eigenvalue weighted by Crippen LogP contribution is 2.27. The van der Waals surface area contributed by atoms with Crippen LogP contribution in [0.15, 0.2) is 84.0 Å². The van der Waals surface area contributed by atoms with Crippen LogP contribution in [-0.4, -0.2) is 40.1 Å². The number of methoxy groups -OCH3 is 1. The highest BCUT2D eigenvalue weighted by molar-refractivity contribution is 7.99. The Hall–Kier alpha value is -3.98. The van der Waals surface area contributed by atoms with Gasteiger partial charge in [-0.2, -0.15) is 0 Å². The number of aromatic nitrogens is 3. The third-order valence-electron chi connectivity index (χ3n) is 5.28. The fourth-order valence-corrected chi connectivity index (χ4v) is 4.52. The van der Waals surface area contributed by atoms with Crippen molar-refractivity contribution in [3.8, 4) is 17.2 Å². The fraction of sp³-hybridized carbons (Fsp3) is 0.222. The van der Waals surface area contributed by atoms with Gasteiger partial charge >= 0.3 is 0 Å². The van der Waals surface area contributed by atoms with Crippen LogP contribution in [0.2, 0.25) is 0 Å². The monoisotopic (exact) mass is 503 g/mol. The van der Waals surface area contributed by atoms with Crippen LogP contribution in [0.4, 0.5) is 11.4 Å². The second kappa shape index (κ2) is 12.6. The van der Waals surface area contributed by atoms with Gasteiger partial charge in [-0.1, -0.05) is 54.2 Å². The number of hydrogen-bond donors (Lipinski definition) is 2. The molecule has 0 saturated heterocycles. The molecule has 0 saturated carbocycles. The van der Waals surface area contributed by atoms with E-state index in [1.54, 1.807) is 7.11 Å². The number of benzene rings is 3. The molecule has 2 N–H and O–H groups in total. The number of para-hydroxylation sites is 5. The second-order valence-corrected chi connectivity index (χ2v) is 8.76. The number of nitrogens with zero attached hydrogens (tertiary/aromatic N) is 3. The SMILES string of the molecule is CCOc1ccccc1NC(=O)CCSc1nnc(CNc2ccccc2OC)n1-c1ccccc1. The average Bonchev–Trinajstić information content (AvgIpc) is 3.32. The highest BCUT2D eigenvalue weighted by Gasteiger charge is 2.16. The molecule has 0 fully saturated rings. The summed E-state index contributed by atoms with van der Waals surface area (Å²) in [6, 6.07) is 25.1. The molecule has 0 aliphatic heterocycles. The van der Waals surface area contributed by atoms with Gasteiger partial charge in [0.1, 0.15) is 11.5 Å². The molecule has 4 rings (SSSR count). The summed E-state index contributed by atoms with van der Waals surface area (Å²) in [4.78, 5) is 12.6. The molecule has 8 nitrogen and oxygen atoms in total. The van der Waals surface area contributed by atoms with Crippen LogP contribution in [0.3, 0.4) is 0 Å². The van der Waals surface area contributed by atoms with Crippen molar-refractivity contribution in [2.75, 3.05) is 30.1 Å². The summed E-state index contributed by atoms with van der Waals surface area (Å²) in [6.07, 6.45) is 0.321. The molecule has 0 atom stereocenters. The molecule has 1 aromatic heterocycles. The van der Waals surface area contributed by atoms with Crippen LogP contribution in [0.5, 0.6) is 11.5 Å². The summed E-state index contributed by atoms with van der Waals surface area (Å²) >= 11 is 1.49. The lowest BCUT2D eigenvalue weighted by molar-refractivity contribution is -0.115. The van der Waals surface area contributed by atoms with E-state index in [0.717, 1.165) is 28.1 Å². The summed E-state index contributed by atoms with van der Waals surface area (Å²) in [5, 5.41) is 15.9. The first-order chi connectivity index (χ1) is 17.7. The van der Waals surface area contributed by atoms with Crippen molar-refractivity contribution in [1.82, 2.24) is 14.8 Å². The quantitative estimate of drug-likeness (QED) is 0.250. The predicted molar refractivity (Wildman–Crippen MR) is 143 cm³/mol. The molecule has 3 aromatic carbocycles. The average molecular weight is 504 g/mol. The Morgan fingerprint density at radius 2 is 1.61 bits per heavy atom. The van der Waals surface area contributed by atoms with Crippen molar-refractivity contribution < 1.29 is 14.3 Å². The minimum atomic E-state index is -0.0847. The van der Waals surface area contributed by atoms with Crippen LogP contribution >= 0.6 is 11.8 Å². The number of rotatable bonds is 12. The van der Waals surface area contributed by atoms with Crippen LogP contribution in [0.25, 0.3) is 5.69 Å². The Morgan fingerprint density at radius 3 is 2.36 bits per heavy atom. The summed E-state index contributed by atoms with van der Waals surface area (Å²) in [7, 11) is 1.65. The number of amides is 1. The van der Waals surface area contributed by atoms with Gasteiger partial charge in [-0.05, 0) is 43.3 Å². The summed E-state index contributed by atoms with van der Waals surface area (Å²) in [5.74, 6) is 2.64. The van der Waals surface area contributed by atoms with Gasteiger partial charge in [0.25, 0.3) is 0 Å². The summed E-state index contributed by atoms with van der Waals surface area (Å²) in [5.41, 5.74) is 2.50. The van der Waals surface area contributed by atoms with E-state index in [4.69, 9.17) is 9.47 Å². The molecule has 0 spiro atoms. The fourth-order valence-electron chi connectivity index (χ4n) is 3.61. The maximum atomic E-state index is 12.6. The standard InChI is InChI=1S/C27H29N5O3S/c1-3-35-24-16-10-8-14-22(24)29-26(33)17-18-36-27-31-30-25(32(27)20-11-5-4-6-12-20)19-28-21-13-7-9-15-23(21)34-2/h4-16,28H,3,17-19H2,1-2H3,(H,29,33). The maximum Gasteiger partial charge on any atom is 0.225 e. The molecular weight excluding hydrogens is 474 g/mol. The van der Waals surface area contributed by atoms with Crippen LogP contribution in [-0.2, 0) is 11.3 Å². The first-order valence-electron chi connectivity index (χ1n) is 11.7. The van der Waals surface area contributed by atoms with Crippen molar-refractivity contribution in [3.63, 3.8) is 0 Å². The topological polar surface area (TPSA) is 90.3 Å². The number of carbonyl (C=O) groups excluding carboxylic acids is 1. The number of hydrogen-bond acceptors (Lipinski definition) is 7. The third-order valence-corrected chi connectivity index (χ3v) is 6.21. The van der Waals surface area contributed by atoms with E-state index in [1.165, 1.54) is 11.8 Å². The molecular formula is C27H29N5O3S. The molecule has 0 radical (unpaired) electrons. The zero-order chi connectivity index (χ0) is 25.2. The van der Waals surface area contributed by atoms with Gasteiger partial charge in [-0.3, -0.25) is 9.36 Å². The van der Waals surface area contributed by atoms with Gasteiger partial charge in [0.05, 0.1) is 31.6 Å². The van der Waals surface area contributed by atoms with Gasteiger partial charge in [0.2, 0.25) is 5.91 Å². The Kier molecular flexibility index (Phi) is 8.82. The number of thioether (sulfide) groups is 1. The number of carbonyl (C=O) groups is 1. The molecule has 4 aromatic rings. The van der Waals surface area contributed by atoms with Crippen molar-refractivity contribution in [1.29, 1.82) is 0 Å². The lowest BCUT2D eigenvalue weighted by Crippen LogP contribution is -2.13. The molecule has 0 aliphatic carbocycles. The van der Waals surface area contributed by atoms with Crippen molar-refractivity contribution in [2.24, 2.45) is 0 Å². The lowest BCUT2D eigenvalue weighted by Gasteiger charge is -2.13. The third kappa shape index (κ3) is 6.37. The van der Waals surface area contributed by atoms with Gasteiger partial charge in [0.15, 0.2) is 11.0 Å². The van der Waals surface area contributed by atoms with Crippen LogP contribution in [0, 0.1) is 0 Å². The summed E-state index contributed by atoms with van der Waals surface area (Å²) in [6.45, 7) is 2.90. The van der Waals surface area contributed by atoms with Gasteiger partial charge in [-0.25, -0.2) is 0 Å². The largest absolute Gasteiger partial charge is 0.495 e. The number of nitrogens with one attached hydrogen (secondary N) is 2. The molecule has 9 heteroatoms. The van der Waals surface area contributed by atoms with E-state index >= 15 is 0 Å². The van der Waals surface area contributed by atoms with Crippen LogP contribution < -0.4 is 20.1 Å². The molecule has 1 amide bonds. The van der Waals surface area contributed by atoms with E-state index in [-0.39, 0.29) is 5.91 Å². The van der Waals surface area contributed by atoms with Gasteiger partial charge in [0, 0.05) is 17.9 Å². The minimum Gasteiger partial charge on any atom is -0.495 e. The first-order valence-corrected chi connectivity index (χ1v) is 12.7. The normalized spacial score (nSPS) is 10.6.